The SMILES string of the molecule is CN(Cc1ncn[nH]1)C(=O)c1cc(F)ccc1O. The number of phenols is 1. The molecule has 0 aliphatic rings. The van der Waals surface area contributed by atoms with Gasteiger partial charge in [-0.2, -0.15) is 5.10 Å². The number of carbonyl (C=O) groups excluding carboxylic acids is 1. The molecule has 7 heteroatoms. The maximum absolute atomic E-state index is 13.0. The highest BCUT2D eigenvalue weighted by Crippen LogP contribution is 2.19. The second kappa shape index (κ2) is 4.82. The number of aromatic nitrogens is 3. The smallest absolute Gasteiger partial charge is 0.257 e. The molecule has 2 N–H and O–H groups in total. The number of nitrogens with zero attached hydrogens (tertiary/aromatic N) is 3. The number of hydrogen-bond acceptors (Lipinski definition) is 4. The number of H-pyrrole nitrogens is 1. The average Bonchev–Trinajstić information content (AvgIpc) is 2.84. The third-order valence-electron chi connectivity index (χ3n) is 2.39. The van der Waals surface area contributed by atoms with Crippen LogP contribution in [-0.2, 0) is 6.54 Å². The monoisotopic (exact) mass is 250 g/mol. The fourth-order valence-electron chi connectivity index (χ4n) is 1.49. The molecule has 2 rings (SSSR count). The summed E-state index contributed by atoms with van der Waals surface area (Å²) < 4.78 is 13.0. The van der Waals surface area contributed by atoms with Gasteiger partial charge in [0.25, 0.3) is 5.91 Å². The zero-order valence-corrected chi connectivity index (χ0v) is 9.59. The number of phenolic OH excluding ortho intramolecular Hbond substituents is 1. The molecule has 0 fully saturated rings. The van der Waals surface area contributed by atoms with Gasteiger partial charge < -0.3 is 10.0 Å². The molecule has 0 radical (unpaired) electrons. The third kappa shape index (κ3) is 2.45. The lowest BCUT2D eigenvalue weighted by Crippen LogP contribution is -2.26. The van der Waals surface area contributed by atoms with Crippen molar-refractivity contribution in [3.63, 3.8) is 0 Å². The highest BCUT2D eigenvalue weighted by Gasteiger charge is 2.17. The second-order valence-corrected chi connectivity index (χ2v) is 3.75. The summed E-state index contributed by atoms with van der Waals surface area (Å²) >= 11 is 0. The second-order valence-electron chi connectivity index (χ2n) is 3.75. The number of benzene rings is 1. The van der Waals surface area contributed by atoms with E-state index < -0.39 is 11.7 Å². The van der Waals surface area contributed by atoms with Crippen molar-refractivity contribution < 1.29 is 14.3 Å². The van der Waals surface area contributed by atoms with Crippen LogP contribution >= 0.6 is 0 Å². The van der Waals surface area contributed by atoms with Crippen molar-refractivity contribution in [3.05, 3.63) is 41.7 Å². The van der Waals surface area contributed by atoms with Crippen molar-refractivity contribution in [1.29, 1.82) is 0 Å². The number of aromatic hydroxyl groups is 1. The minimum atomic E-state index is -0.579. The van der Waals surface area contributed by atoms with Crippen LogP contribution in [0.2, 0.25) is 0 Å². The standard InChI is InChI=1S/C11H11FN4O2/c1-16(5-10-13-6-14-15-10)11(18)8-4-7(12)2-3-9(8)17/h2-4,6,17H,5H2,1H3,(H,13,14,15). The molecular weight excluding hydrogens is 239 g/mol. The number of nitrogens with one attached hydrogen (secondary N) is 1. The van der Waals surface area contributed by atoms with E-state index in [1.807, 2.05) is 0 Å². The molecule has 1 heterocycles. The number of halogens is 1. The Bertz CT molecular complexity index is 556. The molecule has 0 saturated carbocycles. The Labute approximate surface area is 102 Å². The van der Waals surface area contributed by atoms with Crippen LogP contribution in [0.25, 0.3) is 0 Å². The van der Waals surface area contributed by atoms with Gasteiger partial charge in [0.1, 0.15) is 23.7 Å². The van der Waals surface area contributed by atoms with Crippen molar-refractivity contribution in [3.8, 4) is 5.75 Å². The highest BCUT2D eigenvalue weighted by atomic mass is 19.1. The van der Waals surface area contributed by atoms with Crippen LogP contribution in [0.3, 0.4) is 0 Å². The number of aromatic amines is 1. The van der Waals surface area contributed by atoms with Crippen LogP contribution in [0.1, 0.15) is 16.2 Å². The van der Waals surface area contributed by atoms with Crippen LogP contribution in [0, 0.1) is 5.82 Å². The molecular formula is C11H11FN4O2. The predicted octanol–water partition coefficient (Wildman–Crippen LogP) is 0.922. The summed E-state index contributed by atoms with van der Waals surface area (Å²) in [5.74, 6) is -0.833. The van der Waals surface area contributed by atoms with Crippen LogP contribution in [0.4, 0.5) is 4.39 Å². The Balaban J connectivity index is 2.17. The number of rotatable bonds is 3. The summed E-state index contributed by atoms with van der Waals surface area (Å²) in [5, 5.41) is 15.8. The van der Waals surface area contributed by atoms with Gasteiger partial charge in [-0.25, -0.2) is 9.37 Å². The molecule has 0 spiro atoms. The fraction of sp³-hybridized carbons (Fsp3) is 0.182. The zero-order chi connectivity index (χ0) is 13.1. The molecule has 0 atom stereocenters. The highest BCUT2D eigenvalue weighted by molar-refractivity contribution is 5.96. The van der Waals surface area contributed by atoms with Crippen LogP contribution in [0.5, 0.6) is 5.75 Å². The van der Waals surface area contributed by atoms with Gasteiger partial charge in [0, 0.05) is 7.05 Å². The normalized spacial score (nSPS) is 10.3. The van der Waals surface area contributed by atoms with E-state index in [0.717, 1.165) is 18.2 Å². The van der Waals surface area contributed by atoms with Crippen molar-refractivity contribution >= 4 is 5.91 Å². The van der Waals surface area contributed by atoms with Gasteiger partial charge in [0.15, 0.2) is 0 Å². The van der Waals surface area contributed by atoms with E-state index in [4.69, 9.17) is 0 Å². The first-order chi connectivity index (χ1) is 8.58. The molecule has 0 aliphatic carbocycles. The van der Waals surface area contributed by atoms with Gasteiger partial charge in [-0.1, -0.05) is 0 Å². The molecule has 94 valence electrons. The van der Waals surface area contributed by atoms with Gasteiger partial charge >= 0.3 is 0 Å². The molecule has 0 bridgehead atoms. The van der Waals surface area contributed by atoms with E-state index in [2.05, 4.69) is 15.2 Å². The van der Waals surface area contributed by atoms with Gasteiger partial charge in [0.2, 0.25) is 0 Å². The van der Waals surface area contributed by atoms with Crippen molar-refractivity contribution in [2.45, 2.75) is 6.54 Å². The lowest BCUT2D eigenvalue weighted by Gasteiger charge is -2.16. The van der Waals surface area contributed by atoms with E-state index in [0.29, 0.717) is 5.82 Å². The van der Waals surface area contributed by atoms with Crippen molar-refractivity contribution in [2.24, 2.45) is 0 Å². The van der Waals surface area contributed by atoms with E-state index >= 15 is 0 Å². The average molecular weight is 250 g/mol. The third-order valence-corrected chi connectivity index (χ3v) is 2.39. The van der Waals surface area contributed by atoms with E-state index in [-0.39, 0.29) is 17.9 Å². The van der Waals surface area contributed by atoms with Gasteiger partial charge in [-0.15, -0.1) is 0 Å². The Kier molecular flexibility index (Phi) is 3.22. The maximum atomic E-state index is 13.0. The van der Waals surface area contributed by atoms with Crippen LogP contribution in [0.15, 0.2) is 24.5 Å². The van der Waals surface area contributed by atoms with E-state index in [1.165, 1.54) is 18.3 Å². The Morgan fingerprint density at radius 1 is 1.56 bits per heavy atom. The zero-order valence-electron chi connectivity index (χ0n) is 9.59. The number of carbonyl (C=O) groups is 1. The number of hydrogen-bond donors (Lipinski definition) is 2. The molecule has 2 aromatic rings. The summed E-state index contributed by atoms with van der Waals surface area (Å²) in [5.41, 5.74) is -0.0861. The van der Waals surface area contributed by atoms with Crippen LogP contribution in [-0.4, -0.2) is 38.1 Å². The molecule has 6 nitrogen and oxygen atoms in total. The van der Waals surface area contributed by atoms with Crippen LogP contribution < -0.4 is 0 Å². The topological polar surface area (TPSA) is 82.1 Å². The Hall–Kier alpha value is -2.44. The first kappa shape index (κ1) is 12.0. The van der Waals surface area contributed by atoms with E-state index in [9.17, 15) is 14.3 Å². The van der Waals surface area contributed by atoms with Crippen molar-refractivity contribution in [1.82, 2.24) is 20.1 Å². The fourth-order valence-corrected chi connectivity index (χ4v) is 1.49. The van der Waals surface area contributed by atoms with Gasteiger partial charge in [-0.05, 0) is 18.2 Å². The minimum Gasteiger partial charge on any atom is -0.507 e. The minimum absolute atomic E-state index is 0.0861. The quantitative estimate of drug-likeness (QED) is 0.848. The van der Waals surface area contributed by atoms with Crippen molar-refractivity contribution in [2.75, 3.05) is 7.05 Å². The molecule has 0 saturated heterocycles. The Morgan fingerprint density at radius 3 is 3.00 bits per heavy atom. The Morgan fingerprint density at radius 2 is 2.33 bits per heavy atom. The van der Waals surface area contributed by atoms with E-state index in [1.54, 1.807) is 0 Å². The lowest BCUT2D eigenvalue weighted by atomic mass is 10.1. The molecule has 1 aromatic carbocycles. The van der Waals surface area contributed by atoms with Gasteiger partial charge in [0.05, 0.1) is 12.1 Å². The molecule has 0 unspecified atom stereocenters. The predicted molar refractivity (Wildman–Crippen MR) is 60.2 cm³/mol. The summed E-state index contributed by atoms with van der Waals surface area (Å²) in [6.07, 6.45) is 1.33. The first-order valence-corrected chi connectivity index (χ1v) is 5.16. The summed E-state index contributed by atoms with van der Waals surface area (Å²) in [6, 6.07) is 3.22. The summed E-state index contributed by atoms with van der Waals surface area (Å²) in [4.78, 5) is 17.2. The first-order valence-electron chi connectivity index (χ1n) is 5.16. The largest absolute Gasteiger partial charge is 0.507 e. The molecule has 18 heavy (non-hydrogen) atoms. The number of amides is 1. The maximum Gasteiger partial charge on any atom is 0.257 e. The molecule has 0 aliphatic heterocycles. The summed E-state index contributed by atoms with van der Waals surface area (Å²) in [7, 11) is 1.52. The lowest BCUT2D eigenvalue weighted by molar-refractivity contribution is 0.0778. The summed E-state index contributed by atoms with van der Waals surface area (Å²) in [6.45, 7) is 0.189. The van der Waals surface area contributed by atoms with Gasteiger partial charge in [-0.3, -0.25) is 9.89 Å². The molecule has 1 amide bonds. The molecule has 1 aromatic heterocycles.